The van der Waals surface area contributed by atoms with Gasteiger partial charge in [0.15, 0.2) is 0 Å². The number of rotatable bonds is 6. The first-order chi connectivity index (χ1) is 14.2. The van der Waals surface area contributed by atoms with Gasteiger partial charge in [0.05, 0.1) is 16.6 Å². The Morgan fingerprint density at radius 2 is 1.87 bits per heavy atom. The maximum atomic E-state index is 13.5. The molecule has 0 saturated carbocycles. The fourth-order valence-corrected chi connectivity index (χ4v) is 2.89. The Balaban J connectivity index is 1.81. The van der Waals surface area contributed by atoms with Gasteiger partial charge in [-0.05, 0) is 61.4 Å². The third-order valence-corrected chi connectivity index (χ3v) is 4.62. The molecule has 0 aliphatic heterocycles. The SMILES string of the molecule is Cc1cc(Oc2ncc(Cl)cc2C(=O)N[C@@H](C)c2ccc(C(=O)O)cc2)ccc1F. The van der Waals surface area contributed by atoms with E-state index in [0.717, 1.165) is 5.56 Å². The molecule has 2 aromatic carbocycles. The van der Waals surface area contributed by atoms with Gasteiger partial charge in [0.25, 0.3) is 5.91 Å². The summed E-state index contributed by atoms with van der Waals surface area (Å²) in [7, 11) is 0. The van der Waals surface area contributed by atoms with E-state index in [1.807, 2.05) is 0 Å². The second-order valence-electron chi connectivity index (χ2n) is 6.64. The lowest BCUT2D eigenvalue weighted by molar-refractivity contribution is 0.0696. The standard InChI is InChI=1S/C22H18ClFN2O4/c1-12-9-17(7-8-19(12)24)30-21-18(10-16(23)11-25-21)20(27)26-13(2)14-3-5-15(6-4-14)22(28)29/h3-11,13H,1-2H3,(H,26,27)(H,28,29)/t13-/m0/s1. The highest BCUT2D eigenvalue weighted by Gasteiger charge is 2.19. The number of carboxylic acids is 1. The number of nitrogens with one attached hydrogen (secondary N) is 1. The maximum Gasteiger partial charge on any atom is 0.335 e. The van der Waals surface area contributed by atoms with Gasteiger partial charge >= 0.3 is 5.97 Å². The summed E-state index contributed by atoms with van der Waals surface area (Å²) >= 11 is 6.01. The topological polar surface area (TPSA) is 88.5 Å². The Hall–Kier alpha value is -3.45. The third-order valence-electron chi connectivity index (χ3n) is 4.41. The zero-order valence-electron chi connectivity index (χ0n) is 16.1. The van der Waals surface area contributed by atoms with Crippen LogP contribution in [0.25, 0.3) is 0 Å². The number of hydrogen-bond donors (Lipinski definition) is 2. The molecule has 1 heterocycles. The molecule has 0 unspecified atom stereocenters. The Bertz CT molecular complexity index is 1100. The fraction of sp³-hybridized carbons (Fsp3) is 0.136. The normalized spacial score (nSPS) is 11.6. The summed E-state index contributed by atoms with van der Waals surface area (Å²) in [6.07, 6.45) is 1.35. The first-order valence-electron chi connectivity index (χ1n) is 8.98. The van der Waals surface area contributed by atoms with Crippen LogP contribution in [0.2, 0.25) is 5.02 Å². The van der Waals surface area contributed by atoms with Gasteiger partial charge in [0, 0.05) is 6.20 Å². The molecule has 8 heteroatoms. The number of nitrogens with zero attached hydrogens (tertiary/aromatic N) is 1. The van der Waals surface area contributed by atoms with Gasteiger partial charge in [-0.15, -0.1) is 0 Å². The molecule has 3 aromatic rings. The van der Waals surface area contributed by atoms with Crippen LogP contribution in [-0.4, -0.2) is 22.0 Å². The molecular weight excluding hydrogens is 411 g/mol. The van der Waals surface area contributed by atoms with Crippen LogP contribution in [0.5, 0.6) is 11.6 Å². The van der Waals surface area contributed by atoms with E-state index in [1.54, 1.807) is 26.0 Å². The lowest BCUT2D eigenvalue weighted by Gasteiger charge is -2.16. The van der Waals surface area contributed by atoms with E-state index < -0.39 is 17.9 Å². The molecule has 0 aliphatic rings. The molecule has 1 atom stereocenters. The quantitative estimate of drug-likeness (QED) is 0.565. The molecule has 0 radical (unpaired) electrons. The lowest BCUT2D eigenvalue weighted by Crippen LogP contribution is -2.27. The molecule has 0 bridgehead atoms. The van der Waals surface area contributed by atoms with Crippen molar-refractivity contribution in [2.24, 2.45) is 0 Å². The highest BCUT2D eigenvalue weighted by atomic mass is 35.5. The number of amides is 1. The molecular formula is C22H18ClFN2O4. The van der Waals surface area contributed by atoms with Gasteiger partial charge in [0.2, 0.25) is 5.88 Å². The molecule has 6 nitrogen and oxygen atoms in total. The number of halogens is 2. The number of ether oxygens (including phenoxy) is 1. The molecule has 154 valence electrons. The summed E-state index contributed by atoms with van der Waals surface area (Å²) in [6, 6.07) is 11.4. The molecule has 2 N–H and O–H groups in total. The molecule has 1 amide bonds. The van der Waals surface area contributed by atoms with Crippen molar-refractivity contribution >= 4 is 23.5 Å². The van der Waals surface area contributed by atoms with Crippen LogP contribution in [0, 0.1) is 12.7 Å². The number of carboxylic acid groups (broad SMARTS) is 1. The van der Waals surface area contributed by atoms with Crippen molar-refractivity contribution in [3.63, 3.8) is 0 Å². The number of carbonyl (C=O) groups excluding carboxylic acids is 1. The van der Waals surface area contributed by atoms with Crippen molar-refractivity contribution in [2.75, 3.05) is 0 Å². The average Bonchev–Trinajstić information content (AvgIpc) is 2.72. The zero-order valence-corrected chi connectivity index (χ0v) is 16.9. The summed E-state index contributed by atoms with van der Waals surface area (Å²) in [5.74, 6) is -1.52. The average molecular weight is 429 g/mol. The summed E-state index contributed by atoms with van der Waals surface area (Å²) in [6.45, 7) is 3.36. The largest absolute Gasteiger partial charge is 0.478 e. The fourth-order valence-electron chi connectivity index (χ4n) is 2.74. The number of aryl methyl sites for hydroxylation is 1. The van der Waals surface area contributed by atoms with Gasteiger partial charge < -0.3 is 15.2 Å². The van der Waals surface area contributed by atoms with Crippen molar-refractivity contribution in [1.82, 2.24) is 10.3 Å². The van der Waals surface area contributed by atoms with E-state index >= 15 is 0 Å². The van der Waals surface area contributed by atoms with E-state index in [-0.39, 0.29) is 27.8 Å². The van der Waals surface area contributed by atoms with E-state index in [4.69, 9.17) is 21.4 Å². The van der Waals surface area contributed by atoms with Crippen LogP contribution in [0.3, 0.4) is 0 Å². The van der Waals surface area contributed by atoms with Crippen molar-refractivity contribution < 1.29 is 23.8 Å². The van der Waals surface area contributed by atoms with Gasteiger partial charge in [-0.25, -0.2) is 14.2 Å². The minimum absolute atomic E-state index is 0.0244. The molecule has 0 fully saturated rings. The Labute approximate surface area is 177 Å². The van der Waals surface area contributed by atoms with Gasteiger partial charge in [-0.3, -0.25) is 4.79 Å². The Kier molecular flexibility index (Phi) is 6.32. The van der Waals surface area contributed by atoms with Crippen molar-refractivity contribution in [1.29, 1.82) is 0 Å². The Morgan fingerprint density at radius 1 is 1.17 bits per heavy atom. The predicted octanol–water partition coefficient (Wildman–Crippen LogP) is 5.16. The number of aromatic nitrogens is 1. The monoisotopic (exact) mass is 428 g/mol. The van der Waals surface area contributed by atoms with Crippen LogP contribution in [0.15, 0.2) is 54.7 Å². The number of aromatic carboxylic acids is 1. The summed E-state index contributed by atoms with van der Waals surface area (Å²) in [4.78, 5) is 27.9. The number of pyridine rings is 1. The van der Waals surface area contributed by atoms with E-state index in [1.165, 1.54) is 42.6 Å². The Morgan fingerprint density at radius 3 is 2.50 bits per heavy atom. The van der Waals surface area contributed by atoms with Gasteiger partial charge in [-0.1, -0.05) is 23.7 Å². The number of benzene rings is 2. The molecule has 0 spiro atoms. The summed E-state index contributed by atoms with van der Waals surface area (Å²) < 4.78 is 19.2. The van der Waals surface area contributed by atoms with Crippen LogP contribution >= 0.6 is 11.6 Å². The third kappa shape index (κ3) is 4.93. The molecule has 0 saturated heterocycles. The second-order valence-corrected chi connectivity index (χ2v) is 7.08. The highest BCUT2D eigenvalue weighted by molar-refractivity contribution is 6.30. The first-order valence-corrected chi connectivity index (χ1v) is 9.36. The van der Waals surface area contributed by atoms with Crippen LogP contribution in [0.1, 0.15) is 44.8 Å². The second kappa shape index (κ2) is 8.92. The van der Waals surface area contributed by atoms with E-state index in [0.29, 0.717) is 11.3 Å². The molecule has 1 aromatic heterocycles. The van der Waals surface area contributed by atoms with Crippen LogP contribution in [0.4, 0.5) is 4.39 Å². The number of hydrogen-bond acceptors (Lipinski definition) is 4. The highest BCUT2D eigenvalue weighted by Crippen LogP contribution is 2.27. The van der Waals surface area contributed by atoms with Crippen molar-refractivity contribution in [3.05, 3.63) is 87.8 Å². The smallest absolute Gasteiger partial charge is 0.335 e. The van der Waals surface area contributed by atoms with Crippen LogP contribution in [-0.2, 0) is 0 Å². The molecule has 30 heavy (non-hydrogen) atoms. The van der Waals surface area contributed by atoms with Crippen LogP contribution < -0.4 is 10.1 Å². The zero-order chi connectivity index (χ0) is 21.8. The lowest BCUT2D eigenvalue weighted by atomic mass is 10.1. The van der Waals surface area contributed by atoms with Crippen molar-refractivity contribution in [2.45, 2.75) is 19.9 Å². The van der Waals surface area contributed by atoms with E-state index in [9.17, 15) is 14.0 Å². The molecule has 0 aliphatic carbocycles. The molecule has 3 rings (SSSR count). The van der Waals surface area contributed by atoms with E-state index in [2.05, 4.69) is 10.3 Å². The number of carbonyl (C=O) groups is 2. The summed E-state index contributed by atoms with van der Waals surface area (Å²) in [5, 5.41) is 12.1. The van der Waals surface area contributed by atoms with Crippen molar-refractivity contribution in [3.8, 4) is 11.6 Å². The predicted molar refractivity (Wildman–Crippen MR) is 110 cm³/mol. The minimum atomic E-state index is -1.03. The van der Waals surface area contributed by atoms with Gasteiger partial charge in [0.1, 0.15) is 17.1 Å². The maximum absolute atomic E-state index is 13.5. The summed E-state index contributed by atoms with van der Waals surface area (Å²) in [5.41, 5.74) is 1.38. The minimum Gasteiger partial charge on any atom is -0.478 e. The first kappa shape index (κ1) is 21.3. The van der Waals surface area contributed by atoms with Gasteiger partial charge in [-0.2, -0.15) is 0 Å².